The number of hydrogen-bond donors (Lipinski definition) is 0. The molecule has 162 valence electrons. The molecule has 5 nitrogen and oxygen atoms in total. The topological polar surface area (TPSA) is 40.2 Å². The van der Waals surface area contributed by atoms with Crippen LogP contribution in [0.4, 0.5) is 0 Å². The van der Waals surface area contributed by atoms with Gasteiger partial charge in [-0.2, -0.15) is 0 Å². The van der Waals surface area contributed by atoms with Crippen LogP contribution in [0.15, 0.2) is 0 Å². The third-order valence-electron chi connectivity index (χ3n) is 5.05. The smallest absolute Gasteiger partial charge is 0.0701 e. The van der Waals surface area contributed by atoms with Gasteiger partial charge in [-0.05, 0) is 13.0 Å². The molecule has 0 aromatic carbocycles. The molecule has 27 heavy (non-hydrogen) atoms. The van der Waals surface area contributed by atoms with Crippen molar-refractivity contribution in [3.05, 3.63) is 0 Å². The molecule has 0 amide bonds. The van der Waals surface area contributed by atoms with Crippen LogP contribution < -0.4 is 0 Å². The SMILES string of the molecule is CCCCCCCCCCCCN1CCOCCOCCOCCOCC1. The summed E-state index contributed by atoms with van der Waals surface area (Å²) in [6.07, 6.45) is 13.8. The van der Waals surface area contributed by atoms with Gasteiger partial charge in [0.1, 0.15) is 0 Å². The van der Waals surface area contributed by atoms with E-state index in [-0.39, 0.29) is 0 Å². The quantitative estimate of drug-likeness (QED) is 0.495. The van der Waals surface area contributed by atoms with Crippen LogP contribution in [-0.2, 0) is 18.9 Å². The zero-order valence-electron chi connectivity index (χ0n) is 17.9. The van der Waals surface area contributed by atoms with Gasteiger partial charge in [0.25, 0.3) is 0 Å². The Morgan fingerprint density at radius 2 is 0.852 bits per heavy atom. The van der Waals surface area contributed by atoms with Crippen LogP contribution in [0.3, 0.4) is 0 Å². The molecule has 0 bridgehead atoms. The maximum atomic E-state index is 5.69. The van der Waals surface area contributed by atoms with E-state index in [2.05, 4.69) is 11.8 Å². The highest BCUT2D eigenvalue weighted by molar-refractivity contribution is 4.59. The lowest BCUT2D eigenvalue weighted by Crippen LogP contribution is -2.32. The van der Waals surface area contributed by atoms with Crippen LogP contribution in [0.2, 0.25) is 0 Å². The van der Waals surface area contributed by atoms with E-state index < -0.39 is 0 Å². The molecule has 1 saturated heterocycles. The van der Waals surface area contributed by atoms with Crippen LogP contribution >= 0.6 is 0 Å². The second-order valence-electron chi connectivity index (χ2n) is 7.47. The van der Waals surface area contributed by atoms with Gasteiger partial charge in [-0.15, -0.1) is 0 Å². The highest BCUT2D eigenvalue weighted by Crippen LogP contribution is 2.10. The van der Waals surface area contributed by atoms with E-state index in [9.17, 15) is 0 Å². The van der Waals surface area contributed by atoms with Crippen LogP contribution in [-0.4, -0.2) is 77.4 Å². The van der Waals surface area contributed by atoms with Crippen LogP contribution in [0.5, 0.6) is 0 Å². The van der Waals surface area contributed by atoms with Gasteiger partial charge in [0.05, 0.1) is 52.9 Å². The maximum Gasteiger partial charge on any atom is 0.0701 e. The predicted molar refractivity (Wildman–Crippen MR) is 112 cm³/mol. The fraction of sp³-hybridized carbons (Fsp3) is 1.00. The van der Waals surface area contributed by atoms with Crippen molar-refractivity contribution in [2.75, 3.05) is 72.5 Å². The van der Waals surface area contributed by atoms with E-state index in [4.69, 9.17) is 18.9 Å². The number of hydrogen-bond acceptors (Lipinski definition) is 5. The number of unbranched alkanes of at least 4 members (excludes halogenated alkanes) is 9. The number of nitrogens with zero attached hydrogens (tertiary/aromatic N) is 1. The molecule has 0 aromatic rings. The fourth-order valence-electron chi connectivity index (χ4n) is 3.31. The van der Waals surface area contributed by atoms with Crippen LogP contribution in [0.1, 0.15) is 71.1 Å². The molecule has 0 unspecified atom stereocenters. The Balaban J connectivity index is 2.04. The second-order valence-corrected chi connectivity index (χ2v) is 7.47. The summed E-state index contributed by atoms with van der Waals surface area (Å²) in [6.45, 7) is 10.9. The first-order valence-electron chi connectivity index (χ1n) is 11.5. The highest BCUT2D eigenvalue weighted by atomic mass is 16.6. The molecule has 0 aromatic heterocycles. The van der Waals surface area contributed by atoms with Crippen molar-refractivity contribution in [1.29, 1.82) is 0 Å². The minimum Gasteiger partial charge on any atom is -0.378 e. The Morgan fingerprint density at radius 1 is 0.481 bits per heavy atom. The largest absolute Gasteiger partial charge is 0.378 e. The van der Waals surface area contributed by atoms with Crippen molar-refractivity contribution in [3.63, 3.8) is 0 Å². The zero-order chi connectivity index (χ0) is 19.3. The third-order valence-corrected chi connectivity index (χ3v) is 5.05. The Bertz CT molecular complexity index is 275. The molecule has 1 aliphatic heterocycles. The van der Waals surface area contributed by atoms with Crippen molar-refractivity contribution < 1.29 is 18.9 Å². The summed E-state index contributed by atoms with van der Waals surface area (Å²) in [5.41, 5.74) is 0. The fourth-order valence-corrected chi connectivity index (χ4v) is 3.31. The summed E-state index contributed by atoms with van der Waals surface area (Å²) in [7, 11) is 0. The maximum absolute atomic E-state index is 5.69. The number of ether oxygens (including phenoxy) is 4. The average Bonchev–Trinajstić information content (AvgIpc) is 2.69. The molecule has 0 aliphatic carbocycles. The summed E-state index contributed by atoms with van der Waals surface area (Å²) < 4.78 is 22.3. The second kappa shape index (κ2) is 20.5. The van der Waals surface area contributed by atoms with Gasteiger partial charge in [0, 0.05) is 13.1 Å². The van der Waals surface area contributed by atoms with E-state index >= 15 is 0 Å². The summed E-state index contributed by atoms with van der Waals surface area (Å²) >= 11 is 0. The summed E-state index contributed by atoms with van der Waals surface area (Å²) in [6, 6.07) is 0. The first kappa shape index (κ1) is 24.8. The van der Waals surface area contributed by atoms with Crippen LogP contribution in [0, 0.1) is 0 Å². The third kappa shape index (κ3) is 17.6. The lowest BCUT2D eigenvalue weighted by molar-refractivity contribution is 0.00206. The average molecular weight is 388 g/mol. The number of rotatable bonds is 11. The van der Waals surface area contributed by atoms with Gasteiger partial charge < -0.3 is 18.9 Å². The molecule has 0 radical (unpaired) electrons. The van der Waals surface area contributed by atoms with Gasteiger partial charge in [-0.3, -0.25) is 4.90 Å². The van der Waals surface area contributed by atoms with E-state index in [1.54, 1.807) is 0 Å². The first-order chi connectivity index (χ1) is 13.4. The summed E-state index contributed by atoms with van der Waals surface area (Å²) in [5.74, 6) is 0. The minimum atomic E-state index is 0.633. The van der Waals surface area contributed by atoms with Crippen LogP contribution in [0.25, 0.3) is 0 Å². The standard InChI is InChI=1S/C22H45NO4/c1-2-3-4-5-6-7-8-9-10-11-12-23-13-15-24-17-19-26-21-22-27-20-18-25-16-14-23/h2-22H2,1H3. The van der Waals surface area contributed by atoms with Gasteiger partial charge in [-0.25, -0.2) is 0 Å². The monoisotopic (exact) mass is 387 g/mol. The summed E-state index contributed by atoms with van der Waals surface area (Å²) in [5, 5.41) is 0. The summed E-state index contributed by atoms with van der Waals surface area (Å²) in [4.78, 5) is 2.48. The van der Waals surface area contributed by atoms with E-state index in [1.165, 1.54) is 64.2 Å². The Kier molecular flexibility index (Phi) is 18.9. The lowest BCUT2D eigenvalue weighted by atomic mass is 10.1. The lowest BCUT2D eigenvalue weighted by Gasteiger charge is -2.22. The Morgan fingerprint density at radius 3 is 1.30 bits per heavy atom. The van der Waals surface area contributed by atoms with E-state index in [1.807, 2.05) is 0 Å². The van der Waals surface area contributed by atoms with Gasteiger partial charge >= 0.3 is 0 Å². The van der Waals surface area contributed by atoms with Crippen molar-refractivity contribution in [2.24, 2.45) is 0 Å². The van der Waals surface area contributed by atoms with Gasteiger partial charge in [0.2, 0.25) is 0 Å². The molecule has 1 fully saturated rings. The van der Waals surface area contributed by atoms with E-state index in [0.717, 1.165) is 32.8 Å². The highest BCUT2D eigenvalue weighted by Gasteiger charge is 2.06. The molecule has 1 heterocycles. The molecule has 0 saturated carbocycles. The van der Waals surface area contributed by atoms with Crippen molar-refractivity contribution in [2.45, 2.75) is 71.1 Å². The normalized spacial score (nSPS) is 19.4. The van der Waals surface area contributed by atoms with Crippen molar-refractivity contribution in [1.82, 2.24) is 4.90 Å². The molecule has 0 atom stereocenters. The molecular weight excluding hydrogens is 342 g/mol. The van der Waals surface area contributed by atoms with Gasteiger partial charge in [0.15, 0.2) is 0 Å². The molecular formula is C22H45NO4. The molecule has 1 rings (SSSR count). The van der Waals surface area contributed by atoms with Crippen molar-refractivity contribution in [3.8, 4) is 0 Å². The minimum absolute atomic E-state index is 0.633. The molecule has 0 N–H and O–H groups in total. The Hall–Kier alpha value is -0.200. The Labute approximate surface area is 168 Å². The first-order valence-corrected chi connectivity index (χ1v) is 11.5. The van der Waals surface area contributed by atoms with E-state index in [0.29, 0.717) is 39.6 Å². The molecule has 1 aliphatic rings. The van der Waals surface area contributed by atoms with Crippen molar-refractivity contribution >= 4 is 0 Å². The molecule has 0 spiro atoms. The van der Waals surface area contributed by atoms with Gasteiger partial charge in [-0.1, -0.05) is 64.7 Å². The molecule has 5 heteroatoms. The zero-order valence-corrected chi connectivity index (χ0v) is 17.9. The predicted octanol–water partition coefficient (Wildman–Crippen LogP) is 4.29.